The first-order valence-corrected chi connectivity index (χ1v) is 12.7. The van der Waals surface area contributed by atoms with E-state index in [1.54, 1.807) is 24.3 Å². The highest BCUT2D eigenvalue weighted by Gasteiger charge is 2.47. The topological polar surface area (TPSA) is 78.8 Å². The maximum absolute atomic E-state index is 12.4. The zero-order valence-corrected chi connectivity index (χ0v) is 19.0. The van der Waals surface area contributed by atoms with Crippen LogP contribution in [-0.2, 0) is 14.6 Å². The minimum Gasteiger partial charge on any atom is -0.325 e. The number of anilines is 2. The van der Waals surface area contributed by atoms with Gasteiger partial charge in [0.25, 0.3) is 0 Å². The van der Waals surface area contributed by atoms with Crippen molar-refractivity contribution < 1.29 is 13.2 Å². The van der Waals surface area contributed by atoms with Gasteiger partial charge in [-0.25, -0.2) is 8.42 Å². The van der Waals surface area contributed by atoms with Crippen LogP contribution in [0.15, 0.2) is 47.5 Å². The van der Waals surface area contributed by atoms with Crippen LogP contribution >= 0.6 is 23.4 Å². The van der Waals surface area contributed by atoms with Gasteiger partial charge in [0, 0.05) is 16.4 Å². The van der Waals surface area contributed by atoms with Crippen molar-refractivity contribution in [2.24, 2.45) is 4.99 Å². The normalized spacial score (nSPS) is 22.0. The molecule has 0 spiro atoms. The summed E-state index contributed by atoms with van der Waals surface area (Å²) in [5.41, 5.74) is 3.76. The second kappa shape index (κ2) is 8.24. The Morgan fingerprint density at radius 1 is 1.23 bits per heavy atom. The number of carbonyl (C=O) groups excluding carboxylic acids is 1. The molecule has 2 aliphatic heterocycles. The Kier molecular flexibility index (Phi) is 5.83. The molecular formula is C21H22ClN3O3S2. The molecule has 2 atom stereocenters. The number of amides is 1. The van der Waals surface area contributed by atoms with E-state index in [9.17, 15) is 13.2 Å². The molecule has 0 bridgehead atoms. The van der Waals surface area contributed by atoms with E-state index >= 15 is 0 Å². The first-order valence-electron chi connectivity index (χ1n) is 9.55. The van der Waals surface area contributed by atoms with Gasteiger partial charge in [0.1, 0.15) is 0 Å². The van der Waals surface area contributed by atoms with Crippen molar-refractivity contribution in [1.29, 1.82) is 0 Å². The van der Waals surface area contributed by atoms with Crippen LogP contribution < -0.4 is 10.2 Å². The second-order valence-electron chi connectivity index (χ2n) is 7.63. The maximum atomic E-state index is 12.4. The van der Waals surface area contributed by atoms with E-state index in [1.165, 1.54) is 11.8 Å². The van der Waals surface area contributed by atoms with Crippen molar-refractivity contribution in [3.05, 3.63) is 58.6 Å². The van der Waals surface area contributed by atoms with Gasteiger partial charge in [-0.3, -0.25) is 9.79 Å². The molecule has 6 nitrogen and oxygen atoms in total. The van der Waals surface area contributed by atoms with Gasteiger partial charge in [-0.1, -0.05) is 47.1 Å². The van der Waals surface area contributed by atoms with E-state index < -0.39 is 9.84 Å². The van der Waals surface area contributed by atoms with Gasteiger partial charge in [0.2, 0.25) is 5.91 Å². The van der Waals surface area contributed by atoms with Gasteiger partial charge >= 0.3 is 0 Å². The van der Waals surface area contributed by atoms with Crippen LogP contribution in [0, 0.1) is 13.8 Å². The minimum atomic E-state index is -3.12. The number of aryl methyl sites for hydroxylation is 2. The molecule has 30 heavy (non-hydrogen) atoms. The molecule has 1 amide bonds. The lowest BCUT2D eigenvalue weighted by molar-refractivity contribution is -0.113. The fourth-order valence-corrected chi connectivity index (χ4v) is 6.83. The molecule has 2 heterocycles. The third kappa shape index (κ3) is 4.50. The molecule has 1 saturated heterocycles. The Hall–Kier alpha value is -2.03. The van der Waals surface area contributed by atoms with Crippen molar-refractivity contribution in [2.45, 2.75) is 25.9 Å². The lowest BCUT2D eigenvalue weighted by Crippen LogP contribution is -2.39. The van der Waals surface area contributed by atoms with Gasteiger partial charge in [0.05, 0.1) is 29.3 Å². The Balaban J connectivity index is 1.53. The van der Waals surface area contributed by atoms with E-state index in [-0.39, 0.29) is 35.2 Å². The summed E-state index contributed by atoms with van der Waals surface area (Å²) in [7, 11) is -3.12. The molecule has 9 heteroatoms. The van der Waals surface area contributed by atoms with Crippen molar-refractivity contribution in [3.8, 4) is 0 Å². The number of aliphatic imine (C=N–C) groups is 1. The van der Waals surface area contributed by atoms with Crippen LogP contribution in [0.4, 0.5) is 11.4 Å². The number of benzene rings is 2. The summed E-state index contributed by atoms with van der Waals surface area (Å²) in [6, 6.07) is 12.5. The molecule has 2 aliphatic rings. The van der Waals surface area contributed by atoms with Gasteiger partial charge in [-0.15, -0.1) is 0 Å². The number of nitrogens with zero attached hydrogens (tertiary/aromatic N) is 2. The van der Waals surface area contributed by atoms with Crippen LogP contribution in [0.2, 0.25) is 5.02 Å². The molecule has 158 valence electrons. The number of hydrogen-bond donors (Lipinski definition) is 1. The van der Waals surface area contributed by atoms with Crippen LogP contribution in [0.3, 0.4) is 0 Å². The zero-order chi connectivity index (χ0) is 21.5. The largest absolute Gasteiger partial charge is 0.325 e. The van der Waals surface area contributed by atoms with E-state index in [4.69, 9.17) is 11.6 Å². The molecule has 0 radical (unpaired) electrons. The number of fused-ring (bicyclic) bond motifs is 1. The summed E-state index contributed by atoms with van der Waals surface area (Å²) in [6.07, 6.45) is 0. The lowest BCUT2D eigenvalue weighted by Gasteiger charge is -2.28. The van der Waals surface area contributed by atoms with Gasteiger partial charge < -0.3 is 10.2 Å². The highest BCUT2D eigenvalue weighted by atomic mass is 35.5. The molecule has 1 fully saturated rings. The molecule has 2 unspecified atom stereocenters. The Morgan fingerprint density at radius 3 is 2.77 bits per heavy atom. The quantitative estimate of drug-likeness (QED) is 0.748. The predicted octanol–water partition coefficient (Wildman–Crippen LogP) is 3.67. The number of rotatable bonds is 4. The molecule has 2 aromatic rings. The molecular weight excluding hydrogens is 442 g/mol. The van der Waals surface area contributed by atoms with Crippen molar-refractivity contribution in [2.75, 3.05) is 27.5 Å². The first kappa shape index (κ1) is 21.2. The summed E-state index contributed by atoms with van der Waals surface area (Å²) in [6.45, 7) is 4.03. The summed E-state index contributed by atoms with van der Waals surface area (Å²) in [5, 5.41) is 4.07. The Bertz CT molecular complexity index is 1130. The Morgan fingerprint density at radius 2 is 2.03 bits per heavy atom. The van der Waals surface area contributed by atoms with Crippen LogP contribution in [0.1, 0.15) is 11.1 Å². The lowest BCUT2D eigenvalue weighted by atomic mass is 10.1. The number of thioether (sulfide) groups is 1. The monoisotopic (exact) mass is 463 g/mol. The fraction of sp³-hybridized carbons (Fsp3) is 0.333. The summed E-state index contributed by atoms with van der Waals surface area (Å²) in [5.74, 6) is 0.125. The van der Waals surface area contributed by atoms with Crippen molar-refractivity contribution in [1.82, 2.24) is 0 Å². The Labute approximate surface area is 185 Å². The van der Waals surface area contributed by atoms with Crippen LogP contribution in [0.5, 0.6) is 0 Å². The molecule has 0 aliphatic carbocycles. The van der Waals surface area contributed by atoms with E-state index in [0.29, 0.717) is 15.9 Å². The predicted molar refractivity (Wildman–Crippen MR) is 125 cm³/mol. The highest BCUT2D eigenvalue weighted by Crippen LogP contribution is 2.36. The smallest absolute Gasteiger partial charge is 0.234 e. The third-order valence-electron chi connectivity index (χ3n) is 5.16. The molecule has 0 saturated carbocycles. The standard InChI is InChI=1S/C21H22ClN3O3S2/c1-13-6-7-18(14(2)8-13)25-19-12-30(27,28)11-17(19)24-21(25)29-10-20(26)23-16-5-3-4-15(22)9-16/h3-9,17,19H,10-12H2,1-2H3,(H,23,26). The fourth-order valence-electron chi connectivity index (χ4n) is 3.88. The van der Waals surface area contributed by atoms with Crippen LogP contribution in [0.25, 0.3) is 0 Å². The number of hydrogen-bond acceptors (Lipinski definition) is 6. The number of carbonyl (C=O) groups is 1. The SMILES string of the molecule is Cc1ccc(N2C(SCC(=O)Nc3cccc(Cl)c3)=NC3CS(=O)(=O)CC32)c(C)c1. The number of nitrogens with one attached hydrogen (secondary N) is 1. The molecule has 4 rings (SSSR count). The average Bonchev–Trinajstić information content (AvgIpc) is 3.11. The minimum absolute atomic E-state index is 0.0534. The highest BCUT2D eigenvalue weighted by molar-refractivity contribution is 8.14. The van der Waals surface area contributed by atoms with E-state index in [0.717, 1.165) is 16.8 Å². The van der Waals surface area contributed by atoms with E-state index in [1.807, 2.05) is 30.9 Å². The first-order chi connectivity index (χ1) is 14.2. The number of sulfone groups is 1. The van der Waals surface area contributed by atoms with Crippen LogP contribution in [-0.4, -0.2) is 48.8 Å². The molecule has 1 N–H and O–H groups in total. The van der Waals surface area contributed by atoms with Gasteiger partial charge in [-0.05, 0) is 43.7 Å². The summed E-state index contributed by atoms with van der Waals surface area (Å²) < 4.78 is 24.4. The number of halogens is 1. The summed E-state index contributed by atoms with van der Waals surface area (Å²) >= 11 is 7.29. The average molecular weight is 464 g/mol. The third-order valence-corrected chi connectivity index (χ3v) is 8.06. The zero-order valence-electron chi connectivity index (χ0n) is 16.6. The second-order valence-corrected chi connectivity index (χ2v) is 11.2. The summed E-state index contributed by atoms with van der Waals surface area (Å²) in [4.78, 5) is 19.1. The number of amidine groups is 1. The molecule has 2 aromatic carbocycles. The maximum Gasteiger partial charge on any atom is 0.234 e. The van der Waals surface area contributed by atoms with Gasteiger partial charge in [-0.2, -0.15) is 0 Å². The molecule has 0 aromatic heterocycles. The van der Waals surface area contributed by atoms with Crippen molar-refractivity contribution >= 4 is 55.6 Å². The van der Waals surface area contributed by atoms with Crippen molar-refractivity contribution in [3.63, 3.8) is 0 Å². The van der Waals surface area contributed by atoms with E-state index in [2.05, 4.69) is 16.4 Å². The van der Waals surface area contributed by atoms with Gasteiger partial charge in [0.15, 0.2) is 15.0 Å².